The first kappa shape index (κ1) is 24.0. The van der Waals surface area contributed by atoms with Gasteiger partial charge in [0.25, 0.3) is 0 Å². The smallest absolute Gasteiger partial charge is 0.230 e. The van der Waals surface area contributed by atoms with E-state index < -0.39 is 0 Å². The van der Waals surface area contributed by atoms with Crippen LogP contribution in [0.4, 0.5) is 17.1 Å². The number of carbonyl (C=O) groups excluding carboxylic acids is 1. The van der Waals surface area contributed by atoms with Crippen molar-refractivity contribution < 1.29 is 4.79 Å². The fraction of sp³-hybridized carbons (Fsp3) is 0.433. The van der Waals surface area contributed by atoms with E-state index in [1.54, 1.807) is 0 Å². The summed E-state index contributed by atoms with van der Waals surface area (Å²) in [5, 5.41) is 4.66. The van der Waals surface area contributed by atoms with E-state index >= 15 is 0 Å². The molecule has 1 saturated heterocycles. The number of anilines is 2. The van der Waals surface area contributed by atoms with Crippen molar-refractivity contribution in [2.24, 2.45) is 10.4 Å². The highest BCUT2D eigenvalue weighted by atomic mass is 32.2. The molecule has 1 aromatic carbocycles. The number of fused-ring (bicyclic) bond motifs is 2. The maximum Gasteiger partial charge on any atom is 0.230 e. The van der Waals surface area contributed by atoms with Crippen LogP contribution in [0.5, 0.6) is 0 Å². The predicted octanol–water partition coefficient (Wildman–Crippen LogP) is 6.00. The van der Waals surface area contributed by atoms with Gasteiger partial charge in [-0.2, -0.15) is 0 Å². The van der Waals surface area contributed by atoms with Crippen molar-refractivity contribution >= 4 is 57.6 Å². The van der Waals surface area contributed by atoms with Crippen LogP contribution in [0.15, 0.2) is 52.5 Å². The van der Waals surface area contributed by atoms with Crippen LogP contribution in [0.3, 0.4) is 0 Å². The lowest BCUT2D eigenvalue weighted by molar-refractivity contribution is -0.137. The Bertz CT molecular complexity index is 1430. The molecule has 0 atom stereocenters. The Morgan fingerprint density at radius 2 is 2.00 bits per heavy atom. The number of carbonyl (C=O) groups is 1. The first-order valence-electron chi connectivity index (χ1n) is 13.9. The Labute approximate surface area is 227 Å². The zero-order valence-electron chi connectivity index (χ0n) is 21.7. The number of likely N-dealkylation sites (tertiary alicyclic amines) is 1. The van der Waals surface area contributed by atoms with E-state index in [-0.39, 0.29) is 5.41 Å². The van der Waals surface area contributed by atoms with E-state index in [0.29, 0.717) is 12.5 Å². The minimum Gasteiger partial charge on any atom is -0.355 e. The number of thioether (sulfide) groups is 1. The van der Waals surface area contributed by atoms with Gasteiger partial charge >= 0.3 is 0 Å². The average molecular weight is 527 g/mol. The molecule has 0 bridgehead atoms. The van der Waals surface area contributed by atoms with Gasteiger partial charge in [0.05, 0.1) is 16.8 Å². The number of hydrogen-bond donors (Lipinski definition) is 2. The number of aromatic amines is 1. The highest BCUT2D eigenvalue weighted by Gasteiger charge is 2.52. The molecule has 1 amide bonds. The number of pyridine rings is 1. The van der Waals surface area contributed by atoms with Crippen molar-refractivity contribution in [1.82, 2.24) is 19.8 Å². The molecule has 0 unspecified atom stereocenters. The second-order valence-electron chi connectivity index (χ2n) is 11.1. The van der Waals surface area contributed by atoms with Crippen molar-refractivity contribution in [3.8, 4) is 0 Å². The van der Waals surface area contributed by atoms with Gasteiger partial charge in [-0.15, -0.1) is 11.8 Å². The van der Waals surface area contributed by atoms with Crippen LogP contribution >= 0.6 is 11.8 Å². The van der Waals surface area contributed by atoms with Gasteiger partial charge < -0.3 is 20.1 Å². The fourth-order valence-electron chi connectivity index (χ4n) is 6.11. The van der Waals surface area contributed by atoms with Crippen LogP contribution in [0.1, 0.15) is 44.2 Å². The molecule has 3 aromatic rings. The van der Waals surface area contributed by atoms with Crippen molar-refractivity contribution in [1.29, 1.82) is 0 Å². The van der Waals surface area contributed by atoms with Crippen molar-refractivity contribution in [2.75, 3.05) is 43.8 Å². The zero-order valence-corrected chi connectivity index (χ0v) is 22.5. The van der Waals surface area contributed by atoms with Crippen LogP contribution in [0.25, 0.3) is 16.6 Å². The van der Waals surface area contributed by atoms with Crippen LogP contribution in [-0.2, 0) is 4.79 Å². The number of piperidine rings is 1. The van der Waals surface area contributed by atoms with E-state index in [1.807, 2.05) is 30.2 Å². The van der Waals surface area contributed by atoms with Gasteiger partial charge in [-0.05, 0) is 81.1 Å². The molecule has 7 rings (SSSR count). The van der Waals surface area contributed by atoms with E-state index in [9.17, 15) is 4.79 Å². The molecule has 5 heterocycles. The molecular formula is C30H34N6OS. The second-order valence-corrected chi connectivity index (χ2v) is 12.1. The summed E-state index contributed by atoms with van der Waals surface area (Å²) in [4.78, 5) is 31.9. The van der Waals surface area contributed by atoms with Crippen LogP contribution in [0.2, 0.25) is 0 Å². The Hall–Kier alpha value is -3.10. The van der Waals surface area contributed by atoms with Gasteiger partial charge in [-0.25, -0.2) is 4.98 Å². The first-order valence-corrected chi connectivity index (χ1v) is 14.9. The van der Waals surface area contributed by atoms with Gasteiger partial charge in [-0.3, -0.25) is 9.79 Å². The van der Waals surface area contributed by atoms with Gasteiger partial charge in [0, 0.05) is 59.5 Å². The van der Waals surface area contributed by atoms with Gasteiger partial charge in [0.15, 0.2) is 0 Å². The summed E-state index contributed by atoms with van der Waals surface area (Å²) in [6.45, 7) is 4.75. The molecule has 38 heavy (non-hydrogen) atoms. The molecule has 7 nitrogen and oxygen atoms in total. The third-order valence-corrected chi connectivity index (χ3v) is 9.39. The summed E-state index contributed by atoms with van der Waals surface area (Å²) in [7, 11) is 0. The normalized spacial score (nSPS) is 20.7. The molecular weight excluding hydrogens is 492 g/mol. The van der Waals surface area contributed by atoms with Gasteiger partial charge in [0.1, 0.15) is 5.65 Å². The molecule has 8 heteroatoms. The summed E-state index contributed by atoms with van der Waals surface area (Å²) in [5.41, 5.74) is 6.24. The average Bonchev–Trinajstić information content (AvgIpc) is 3.61. The number of hydrogen-bond acceptors (Lipinski definition) is 6. The van der Waals surface area contributed by atoms with Gasteiger partial charge in [0.2, 0.25) is 5.91 Å². The van der Waals surface area contributed by atoms with Crippen LogP contribution in [-0.4, -0.2) is 70.4 Å². The summed E-state index contributed by atoms with van der Waals surface area (Å²) in [6, 6.07) is 10.5. The van der Waals surface area contributed by atoms with Crippen molar-refractivity contribution in [3.05, 3.63) is 48.3 Å². The summed E-state index contributed by atoms with van der Waals surface area (Å²) in [5.74, 6) is 1.28. The maximum atomic E-state index is 13.5. The molecule has 2 aromatic heterocycles. The number of H-pyrrole nitrogens is 1. The number of nitrogens with zero attached hydrogens (tertiary/aromatic N) is 4. The molecule has 0 radical (unpaired) electrons. The zero-order chi connectivity index (χ0) is 25.5. The second kappa shape index (κ2) is 9.89. The molecule has 2 fully saturated rings. The quantitative estimate of drug-likeness (QED) is 0.412. The molecule has 1 aliphatic carbocycles. The minimum absolute atomic E-state index is 0.115. The monoisotopic (exact) mass is 526 g/mol. The first-order chi connectivity index (χ1) is 18.7. The van der Waals surface area contributed by atoms with E-state index in [4.69, 9.17) is 0 Å². The number of rotatable bonds is 6. The lowest BCUT2D eigenvalue weighted by Crippen LogP contribution is -2.45. The summed E-state index contributed by atoms with van der Waals surface area (Å²) < 4.78 is 0. The summed E-state index contributed by atoms with van der Waals surface area (Å²) in [6.07, 6.45) is 12.9. The topological polar surface area (TPSA) is 76.6 Å². The molecule has 4 aliphatic rings. The summed E-state index contributed by atoms with van der Waals surface area (Å²) >= 11 is 1.81. The van der Waals surface area contributed by atoms with Crippen LogP contribution < -0.4 is 5.32 Å². The lowest BCUT2D eigenvalue weighted by Gasteiger charge is -2.34. The number of amides is 1. The Kier molecular flexibility index (Phi) is 6.24. The number of benzene rings is 1. The van der Waals surface area contributed by atoms with Crippen LogP contribution in [0, 0.1) is 5.41 Å². The molecule has 0 spiro atoms. The standard InChI is InChI=1S/C30H34N6OS/c37-29(30(9-10-30)20-35-13-2-1-3-14-35)36-15-7-21(8-16-36)26-19-23-24(6-11-32-28(23)34-26)33-22-4-5-25-27(18-22)38-17-12-31-25/h4-7,11-12,18-19H,1-3,8-10,13-17,20H2,(H2,32,33,34). The Morgan fingerprint density at radius 1 is 1.11 bits per heavy atom. The molecule has 196 valence electrons. The highest BCUT2D eigenvalue weighted by molar-refractivity contribution is 8.00. The van der Waals surface area contributed by atoms with Crippen molar-refractivity contribution in [2.45, 2.75) is 43.4 Å². The molecule has 1 saturated carbocycles. The predicted molar refractivity (Wildman–Crippen MR) is 156 cm³/mol. The highest BCUT2D eigenvalue weighted by Crippen LogP contribution is 2.48. The SMILES string of the molecule is O=C(N1CC=C(c2cc3c(Nc4ccc5c(c4)SCC=N5)ccnc3[nH]2)CC1)C1(CN2CCCCC2)CC1. The largest absolute Gasteiger partial charge is 0.355 e. The number of aromatic nitrogens is 2. The molecule has 2 N–H and O–H groups in total. The van der Waals surface area contributed by atoms with E-state index in [2.05, 4.69) is 60.4 Å². The lowest BCUT2D eigenvalue weighted by atomic mass is 9.99. The van der Waals surface area contributed by atoms with Gasteiger partial charge in [-0.1, -0.05) is 12.5 Å². The third-order valence-electron chi connectivity index (χ3n) is 8.44. The minimum atomic E-state index is -0.115. The molecule has 3 aliphatic heterocycles. The maximum absolute atomic E-state index is 13.5. The number of nitrogens with one attached hydrogen (secondary N) is 2. The fourth-order valence-corrected chi connectivity index (χ4v) is 6.92. The third kappa shape index (κ3) is 4.64. The van der Waals surface area contributed by atoms with E-state index in [1.165, 1.54) is 29.7 Å². The Balaban J connectivity index is 1.06. The number of aliphatic imine (C=N–C) groups is 1. The van der Waals surface area contributed by atoms with Crippen molar-refractivity contribution in [3.63, 3.8) is 0 Å². The van der Waals surface area contributed by atoms with E-state index in [0.717, 1.165) is 85.0 Å². The Morgan fingerprint density at radius 3 is 2.82 bits per heavy atom.